The number of hydrogen-bond donors (Lipinski definition) is 1. The second-order valence-corrected chi connectivity index (χ2v) is 5.78. The Kier molecular flexibility index (Phi) is 4.71. The maximum absolute atomic E-state index is 10.5. The van der Waals surface area contributed by atoms with E-state index in [1.807, 2.05) is 6.92 Å². The van der Waals surface area contributed by atoms with Crippen LogP contribution in [-0.4, -0.2) is 11.1 Å². The molecule has 0 radical (unpaired) electrons. The Bertz CT molecular complexity index is 433. The highest BCUT2D eigenvalue weighted by Crippen LogP contribution is 2.22. The van der Waals surface area contributed by atoms with Crippen LogP contribution in [0.25, 0.3) is 0 Å². The van der Waals surface area contributed by atoms with E-state index in [4.69, 9.17) is 5.11 Å². The van der Waals surface area contributed by atoms with Gasteiger partial charge in [0.15, 0.2) is 0 Å². The molecule has 0 aromatic heterocycles. The Hall–Kier alpha value is -1.57. The summed E-state index contributed by atoms with van der Waals surface area (Å²) in [6, 6.07) is 8.58. The molecule has 0 aliphatic carbocycles. The van der Waals surface area contributed by atoms with Crippen molar-refractivity contribution in [1.29, 1.82) is 0 Å². The lowest BCUT2D eigenvalue weighted by Crippen LogP contribution is -2.10. The van der Waals surface area contributed by atoms with Crippen molar-refractivity contribution in [3.8, 4) is 0 Å². The minimum atomic E-state index is -0.865. The zero-order valence-corrected chi connectivity index (χ0v) is 11.7. The van der Waals surface area contributed by atoms with Gasteiger partial charge in [-0.2, -0.15) is 0 Å². The molecule has 98 valence electrons. The van der Waals surface area contributed by atoms with Crippen LogP contribution in [0.15, 0.2) is 35.9 Å². The van der Waals surface area contributed by atoms with Crippen LogP contribution in [0, 0.1) is 0 Å². The first-order valence-electron chi connectivity index (χ1n) is 6.28. The highest BCUT2D eigenvalue weighted by molar-refractivity contribution is 5.80. The topological polar surface area (TPSA) is 37.3 Å². The largest absolute Gasteiger partial charge is 0.478 e. The van der Waals surface area contributed by atoms with Crippen LogP contribution in [-0.2, 0) is 16.6 Å². The van der Waals surface area contributed by atoms with Crippen molar-refractivity contribution in [3.63, 3.8) is 0 Å². The fourth-order valence-corrected chi connectivity index (χ4v) is 1.80. The highest BCUT2D eigenvalue weighted by atomic mass is 16.4. The summed E-state index contributed by atoms with van der Waals surface area (Å²) in [5.41, 5.74) is 3.66. The zero-order valence-electron chi connectivity index (χ0n) is 11.7. The molecule has 1 aromatic carbocycles. The molecule has 0 atom stereocenters. The summed E-state index contributed by atoms with van der Waals surface area (Å²) in [5, 5.41) is 8.63. The van der Waals surface area contributed by atoms with Gasteiger partial charge in [-0.1, -0.05) is 50.6 Å². The minimum absolute atomic E-state index is 0.178. The number of carbonyl (C=O) groups is 1. The van der Waals surface area contributed by atoms with E-state index in [1.54, 1.807) is 0 Å². The molecule has 0 unspecified atom stereocenters. The van der Waals surface area contributed by atoms with Gasteiger partial charge in [0.2, 0.25) is 0 Å². The van der Waals surface area contributed by atoms with Crippen LogP contribution in [0.4, 0.5) is 0 Å². The number of allylic oxidation sites excluding steroid dienone is 1. The predicted molar refractivity (Wildman–Crippen MR) is 74.9 cm³/mol. The number of rotatable bonds is 4. The lowest BCUT2D eigenvalue weighted by Gasteiger charge is -2.19. The molecule has 0 spiro atoms. The summed E-state index contributed by atoms with van der Waals surface area (Å²) in [7, 11) is 0. The van der Waals surface area contributed by atoms with E-state index in [9.17, 15) is 4.79 Å². The highest BCUT2D eigenvalue weighted by Gasteiger charge is 2.12. The molecule has 0 bridgehead atoms. The van der Waals surface area contributed by atoms with Gasteiger partial charge in [-0.25, -0.2) is 4.79 Å². The standard InChI is InChI=1S/C16H22O2/c1-12(11-15(17)18)5-6-13-7-9-14(10-8-13)16(2,3)4/h7-11H,5-6H2,1-4H3,(H,17,18). The fraction of sp³-hybridized carbons (Fsp3) is 0.438. The maximum atomic E-state index is 10.5. The number of aliphatic carboxylic acids is 1. The van der Waals surface area contributed by atoms with Crippen LogP contribution in [0.3, 0.4) is 0 Å². The first-order chi connectivity index (χ1) is 8.29. The monoisotopic (exact) mass is 246 g/mol. The molecule has 0 fully saturated rings. The summed E-state index contributed by atoms with van der Waals surface area (Å²) >= 11 is 0. The molecule has 0 saturated heterocycles. The molecule has 2 heteroatoms. The molecule has 0 heterocycles. The van der Waals surface area contributed by atoms with Gasteiger partial charge >= 0.3 is 5.97 Å². The first-order valence-corrected chi connectivity index (χ1v) is 6.28. The van der Waals surface area contributed by atoms with Crippen molar-refractivity contribution < 1.29 is 9.90 Å². The van der Waals surface area contributed by atoms with Crippen LogP contribution in [0.1, 0.15) is 45.2 Å². The summed E-state index contributed by atoms with van der Waals surface area (Å²) < 4.78 is 0. The van der Waals surface area contributed by atoms with Crippen molar-refractivity contribution in [2.75, 3.05) is 0 Å². The third kappa shape index (κ3) is 4.74. The average molecular weight is 246 g/mol. The van der Waals surface area contributed by atoms with Crippen molar-refractivity contribution in [1.82, 2.24) is 0 Å². The van der Waals surface area contributed by atoms with Gasteiger partial charge in [-0.05, 0) is 36.3 Å². The molecule has 1 N–H and O–H groups in total. The van der Waals surface area contributed by atoms with Crippen LogP contribution in [0.2, 0.25) is 0 Å². The molecule has 0 saturated carbocycles. The normalized spacial score (nSPS) is 12.6. The van der Waals surface area contributed by atoms with E-state index < -0.39 is 5.97 Å². The molecule has 1 aromatic rings. The van der Waals surface area contributed by atoms with Crippen LogP contribution >= 0.6 is 0 Å². The number of carboxylic acids is 1. The summed E-state index contributed by atoms with van der Waals surface area (Å²) in [6.07, 6.45) is 2.96. The average Bonchev–Trinajstić information content (AvgIpc) is 2.25. The smallest absolute Gasteiger partial charge is 0.328 e. The van der Waals surface area contributed by atoms with E-state index in [0.717, 1.165) is 18.4 Å². The maximum Gasteiger partial charge on any atom is 0.328 e. The van der Waals surface area contributed by atoms with Gasteiger partial charge in [0.1, 0.15) is 0 Å². The molecule has 2 nitrogen and oxygen atoms in total. The van der Waals surface area contributed by atoms with Crippen molar-refractivity contribution >= 4 is 5.97 Å². The van der Waals surface area contributed by atoms with Crippen molar-refractivity contribution in [2.24, 2.45) is 0 Å². The predicted octanol–water partition coefficient (Wildman–Crippen LogP) is 3.95. The number of carboxylic acid groups (broad SMARTS) is 1. The molecule has 0 aliphatic heterocycles. The van der Waals surface area contributed by atoms with E-state index in [1.165, 1.54) is 17.2 Å². The first kappa shape index (κ1) is 14.5. The van der Waals surface area contributed by atoms with E-state index in [-0.39, 0.29) is 5.41 Å². The Balaban J connectivity index is 2.63. The second kappa shape index (κ2) is 5.85. The number of benzene rings is 1. The Morgan fingerprint density at radius 2 is 1.78 bits per heavy atom. The summed E-state index contributed by atoms with van der Waals surface area (Å²) in [6.45, 7) is 8.45. The van der Waals surface area contributed by atoms with Gasteiger partial charge in [-0.3, -0.25) is 0 Å². The molecule has 0 amide bonds. The Morgan fingerprint density at radius 1 is 1.22 bits per heavy atom. The summed E-state index contributed by atoms with van der Waals surface area (Å²) in [4.78, 5) is 10.5. The van der Waals surface area contributed by atoms with E-state index in [0.29, 0.717) is 0 Å². The van der Waals surface area contributed by atoms with E-state index in [2.05, 4.69) is 45.0 Å². The van der Waals surface area contributed by atoms with E-state index >= 15 is 0 Å². The second-order valence-electron chi connectivity index (χ2n) is 5.78. The van der Waals surface area contributed by atoms with Crippen LogP contribution in [0.5, 0.6) is 0 Å². The van der Waals surface area contributed by atoms with Gasteiger partial charge in [0.05, 0.1) is 0 Å². The fourth-order valence-electron chi connectivity index (χ4n) is 1.80. The third-order valence-corrected chi connectivity index (χ3v) is 3.00. The molecule has 18 heavy (non-hydrogen) atoms. The molecule has 1 rings (SSSR count). The summed E-state index contributed by atoms with van der Waals surface area (Å²) in [5.74, 6) is -0.865. The Labute approximate surface area is 109 Å². The number of aryl methyl sites for hydroxylation is 1. The minimum Gasteiger partial charge on any atom is -0.478 e. The number of hydrogen-bond acceptors (Lipinski definition) is 1. The lowest BCUT2D eigenvalue weighted by atomic mass is 9.86. The van der Waals surface area contributed by atoms with Crippen molar-refractivity contribution in [2.45, 2.75) is 46.0 Å². The SMILES string of the molecule is CC(=CC(=O)O)CCc1ccc(C(C)(C)C)cc1. The Morgan fingerprint density at radius 3 is 2.22 bits per heavy atom. The molecular weight excluding hydrogens is 224 g/mol. The van der Waals surface area contributed by atoms with Gasteiger partial charge < -0.3 is 5.11 Å². The molecule has 0 aliphatic rings. The zero-order chi connectivity index (χ0) is 13.8. The van der Waals surface area contributed by atoms with Gasteiger partial charge in [0.25, 0.3) is 0 Å². The van der Waals surface area contributed by atoms with Crippen LogP contribution < -0.4 is 0 Å². The molecular formula is C16H22O2. The third-order valence-electron chi connectivity index (χ3n) is 3.00. The van der Waals surface area contributed by atoms with Crippen molar-refractivity contribution in [3.05, 3.63) is 47.0 Å². The lowest BCUT2D eigenvalue weighted by molar-refractivity contribution is -0.131. The van der Waals surface area contributed by atoms with Gasteiger partial charge in [-0.15, -0.1) is 0 Å². The quantitative estimate of drug-likeness (QED) is 0.817. The van der Waals surface area contributed by atoms with Gasteiger partial charge in [0, 0.05) is 6.08 Å².